The molecule has 0 bridgehead atoms. The van der Waals surface area contributed by atoms with Crippen LogP contribution in [-0.4, -0.2) is 9.55 Å². The lowest BCUT2D eigenvalue weighted by Gasteiger charge is -2.12. The molecule has 3 aromatic rings. The maximum absolute atomic E-state index is 4.40. The van der Waals surface area contributed by atoms with Crippen molar-refractivity contribution in [2.24, 2.45) is 0 Å². The van der Waals surface area contributed by atoms with Crippen molar-refractivity contribution in [1.29, 1.82) is 0 Å². The highest BCUT2D eigenvalue weighted by Crippen LogP contribution is 2.23. The van der Waals surface area contributed by atoms with E-state index >= 15 is 0 Å². The third-order valence-electron chi connectivity index (χ3n) is 3.13. The van der Waals surface area contributed by atoms with Crippen LogP contribution in [0.15, 0.2) is 48.7 Å². The van der Waals surface area contributed by atoms with Crippen molar-refractivity contribution in [2.75, 3.05) is 0 Å². The van der Waals surface area contributed by atoms with Gasteiger partial charge in [-0.3, -0.25) is 4.98 Å². The minimum absolute atomic E-state index is 1.04. The van der Waals surface area contributed by atoms with E-state index in [1.165, 1.54) is 22.5 Å². The molecule has 0 radical (unpaired) electrons. The molecule has 0 N–H and O–H groups in total. The molecule has 2 heterocycles. The van der Waals surface area contributed by atoms with Gasteiger partial charge in [0.05, 0.1) is 11.2 Å². The lowest BCUT2D eigenvalue weighted by molar-refractivity contribution is 0.974. The van der Waals surface area contributed by atoms with Crippen molar-refractivity contribution < 1.29 is 0 Å². The van der Waals surface area contributed by atoms with E-state index in [4.69, 9.17) is 0 Å². The molecule has 0 amide bonds. The molecule has 1 aromatic carbocycles. The Bertz CT molecular complexity index is 655. The predicted octanol–water partition coefficient (Wildman–Crippen LogP) is 3.64. The van der Waals surface area contributed by atoms with Crippen LogP contribution in [0.1, 0.15) is 11.4 Å². The molecule has 2 aromatic heterocycles. The van der Waals surface area contributed by atoms with Crippen molar-refractivity contribution in [3.05, 3.63) is 60.0 Å². The molecule has 0 saturated heterocycles. The topological polar surface area (TPSA) is 17.8 Å². The molecule has 0 aliphatic heterocycles. The molecule has 0 atom stereocenters. The molecular formula is C15H14N2. The van der Waals surface area contributed by atoms with Gasteiger partial charge in [0.1, 0.15) is 0 Å². The van der Waals surface area contributed by atoms with Crippen LogP contribution < -0.4 is 0 Å². The van der Waals surface area contributed by atoms with Gasteiger partial charge in [0, 0.05) is 23.0 Å². The van der Waals surface area contributed by atoms with E-state index in [9.17, 15) is 0 Å². The Balaban J connectivity index is 2.38. The predicted molar refractivity (Wildman–Crippen MR) is 70.5 cm³/mol. The van der Waals surface area contributed by atoms with Crippen molar-refractivity contribution in [3.8, 4) is 5.69 Å². The van der Waals surface area contributed by atoms with Crippen LogP contribution >= 0.6 is 0 Å². The quantitative estimate of drug-likeness (QED) is 0.614. The van der Waals surface area contributed by atoms with Gasteiger partial charge in [-0.2, -0.15) is 0 Å². The van der Waals surface area contributed by atoms with E-state index in [-0.39, 0.29) is 0 Å². The summed E-state index contributed by atoms with van der Waals surface area (Å²) in [7, 11) is 0. The fourth-order valence-electron chi connectivity index (χ4n) is 2.33. The van der Waals surface area contributed by atoms with Crippen LogP contribution in [0.2, 0.25) is 0 Å². The average Bonchev–Trinajstić information content (AvgIpc) is 2.69. The molecule has 0 aliphatic rings. The molecule has 0 aliphatic carbocycles. The smallest absolute Gasteiger partial charge is 0.0723 e. The number of rotatable bonds is 1. The van der Waals surface area contributed by atoms with Gasteiger partial charge in [-0.25, -0.2) is 0 Å². The summed E-state index contributed by atoms with van der Waals surface area (Å²) in [5.41, 5.74) is 4.74. The zero-order valence-electron chi connectivity index (χ0n) is 10.0. The fourth-order valence-corrected chi connectivity index (χ4v) is 2.33. The first kappa shape index (κ1) is 10.1. The first-order chi connectivity index (χ1) is 8.27. The molecular weight excluding hydrogens is 208 g/mol. The second-order valence-electron chi connectivity index (χ2n) is 4.30. The first-order valence-electron chi connectivity index (χ1n) is 5.76. The largest absolute Gasteiger partial charge is 0.318 e. The summed E-state index contributed by atoms with van der Waals surface area (Å²) >= 11 is 0. The standard InChI is InChI=1S/C15H14N2/c1-11-8-9-12(2)17(11)15-7-3-6-14-13(15)5-4-10-16-14/h3-10H,1-2H3. The van der Waals surface area contributed by atoms with Crippen LogP contribution in [0.3, 0.4) is 0 Å². The molecule has 3 rings (SSSR count). The van der Waals surface area contributed by atoms with Crippen LogP contribution in [0, 0.1) is 13.8 Å². The number of benzene rings is 1. The molecule has 0 fully saturated rings. The summed E-state index contributed by atoms with van der Waals surface area (Å²) in [5.74, 6) is 0. The van der Waals surface area contributed by atoms with Gasteiger partial charge in [0.15, 0.2) is 0 Å². The van der Waals surface area contributed by atoms with E-state index in [2.05, 4.69) is 53.7 Å². The highest BCUT2D eigenvalue weighted by atomic mass is 15.0. The molecule has 0 saturated carbocycles. The minimum atomic E-state index is 1.04. The zero-order chi connectivity index (χ0) is 11.8. The van der Waals surface area contributed by atoms with Crippen molar-refractivity contribution in [3.63, 3.8) is 0 Å². The number of hydrogen-bond acceptors (Lipinski definition) is 1. The van der Waals surface area contributed by atoms with E-state index < -0.39 is 0 Å². The highest BCUT2D eigenvalue weighted by molar-refractivity contribution is 5.87. The van der Waals surface area contributed by atoms with Crippen LogP contribution in [0.25, 0.3) is 16.6 Å². The summed E-state index contributed by atoms with van der Waals surface area (Å²) in [6.45, 7) is 4.25. The van der Waals surface area contributed by atoms with E-state index in [0.717, 1.165) is 5.52 Å². The summed E-state index contributed by atoms with van der Waals surface area (Å²) in [6, 6.07) is 14.6. The summed E-state index contributed by atoms with van der Waals surface area (Å²) in [6.07, 6.45) is 1.83. The molecule has 2 heteroatoms. The van der Waals surface area contributed by atoms with Gasteiger partial charge in [-0.05, 0) is 50.2 Å². The Morgan fingerprint density at radius 1 is 0.882 bits per heavy atom. The molecule has 84 valence electrons. The summed E-state index contributed by atoms with van der Waals surface area (Å²) in [4.78, 5) is 4.40. The number of aromatic nitrogens is 2. The van der Waals surface area contributed by atoms with Gasteiger partial charge in [-0.1, -0.05) is 6.07 Å². The van der Waals surface area contributed by atoms with Gasteiger partial charge in [0.2, 0.25) is 0 Å². The average molecular weight is 222 g/mol. The number of pyridine rings is 1. The monoisotopic (exact) mass is 222 g/mol. The Morgan fingerprint density at radius 2 is 1.65 bits per heavy atom. The lowest BCUT2D eigenvalue weighted by Crippen LogP contribution is -1.99. The Kier molecular flexibility index (Phi) is 2.22. The number of hydrogen-bond donors (Lipinski definition) is 0. The van der Waals surface area contributed by atoms with E-state index in [0.29, 0.717) is 0 Å². The minimum Gasteiger partial charge on any atom is -0.318 e. The maximum atomic E-state index is 4.40. The Morgan fingerprint density at radius 3 is 2.41 bits per heavy atom. The number of aryl methyl sites for hydroxylation is 2. The van der Waals surface area contributed by atoms with Crippen LogP contribution in [-0.2, 0) is 0 Å². The third-order valence-corrected chi connectivity index (χ3v) is 3.13. The maximum Gasteiger partial charge on any atom is 0.0723 e. The van der Waals surface area contributed by atoms with E-state index in [1.54, 1.807) is 0 Å². The van der Waals surface area contributed by atoms with Crippen LogP contribution in [0.4, 0.5) is 0 Å². The summed E-state index contributed by atoms with van der Waals surface area (Å²) < 4.78 is 2.27. The molecule has 0 spiro atoms. The Labute approximate surface area is 101 Å². The third kappa shape index (κ3) is 1.53. The van der Waals surface area contributed by atoms with Crippen molar-refractivity contribution >= 4 is 10.9 Å². The van der Waals surface area contributed by atoms with Gasteiger partial charge < -0.3 is 4.57 Å². The SMILES string of the molecule is Cc1ccc(C)n1-c1cccc2ncccc12. The van der Waals surface area contributed by atoms with E-state index in [1.807, 2.05) is 18.3 Å². The van der Waals surface area contributed by atoms with Crippen molar-refractivity contribution in [2.45, 2.75) is 13.8 Å². The normalized spacial score (nSPS) is 10.9. The van der Waals surface area contributed by atoms with Crippen molar-refractivity contribution in [1.82, 2.24) is 9.55 Å². The van der Waals surface area contributed by atoms with Crippen LogP contribution in [0.5, 0.6) is 0 Å². The second-order valence-corrected chi connectivity index (χ2v) is 4.30. The molecule has 2 nitrogen and oxygen atoms in total. The zero-order valence-corrected chi connectivity index (χ0v) is 10.0. The first-order valence-corrected chi connectivity index (χ1v) is 5.76. The molecule has 0 unspecified atom stereocenters. The highest BCUT2D eigenvalue weighted by Gasteiger charge is 2.07. The van der Waals surface area contributed by atoms with Gasteiger partial charge in [-0.15, -0.1) is 0 Å². The fraction of sp³-hybridized carbons (Fsp3) is 0.133. The lowest BCUT2D eigenvalue weighted by atomic mass is 10.1. The number of fused-ring (bicyclic) bond motifs is 1. The Hall–Kier alpha value is -2.09. The molecule has 17 heavy (non-hydrogen) atoms. The second kappa shape index (κ2) is 3.74. The van der Waals surface area contributed by atoms with Gasteiger partial charge >= 0.3 is 0 Å². The summed E-state index contributed by atoms with van der Waals surface area (Å²) in [5, 5.41) is 1.19. The van der Waals surface area contributed by atoms with Gasteiger partial charge in [0.25, 0.3) is 0 Å². The number of nitrogens with zero attached hydrogens (tertiary/aromatic N) is 2.